The number of nitrogens with two attached hydrogens (primary N) is 1. The molecule has 1 atom stereocenters. The van der Waals surface area contributed by atoms with E-state index in [1.165, 1.54) is 0 Å². The molecule has 0 aromatic heterocycles. The first kappa shape index (κ1) is 14.8. The van der Waals surface area contributed by atoms with Crippen LogP contribution in [0, 0.1) is 0 Å². The van der Waals surface area contributed by atoms with Crippen LogP contribution in [0.1, 0.15) is 25.5 Å². The summed E-state index contributed by atoms with van der Waals surface area (Å²) < 4.78 is 0. The molecule has 4 heteroatoms. The molecule has 2 N–H and O–H groups in total. The van der Waals surface area contributed by atoms with Gasteiger partial charge >= 0.3 is 0 Å². The molecule has 0 bridgehead atoms. The second-order valence-corrected chi connectivity index (χ2v) is 5.85. The fraction of sp³-hybridized carbons (Fsp3) is 0.600. The van der Waals surface area contributed by atoms with Crippen LogP contribution in [0.2, 0.25) is 5.02 Å². The number of piperazine rings is 1. The van der Waals surface area contributed by atoms with Gasteiger partial charge in [-0.05, 0) is 25.5 Å². The quantitative estimate of drug-likeness (QED) is 0.920. The molecule has 1 unspecified atom stereocenters. The van der Waals surface area contributed by atoms with E-state index in [1.54, 1.807) is 0 Å². The average molecular weight is 282 g/mol. The van der Waals surface area contributed by atoms with E-state index < -0.39 is 0 Å². The van der Waals surface area contributed by atoms with E-state index in [-0.39, 0.29) is 6.04 Å². The maximum absolute atomic E-state index is 6.30. The third kappa shape index (κ3) is 3.48. The third-order valence-electron chi connectivity index (χ3n) is 4.01. The Morgan fingerprint density at radius 2 is 1.68 bits per heavy atom. The summed E-state index contributed by atoms with van der Waals surface area (Å²) in [5.41, 5.74) is 7.14. The van der Waals surface area contributed by atoms with Crippen molar-refractivity contribution >= 4 is 11.6 Å². The monoisotopic (exact) mass is 281 g/mol. The van der Waals surface area contributed by atoms with Crippen LogP contribution in [0.25, 0.3) is 0 Å². The summed E-state index contributed by atoms with van der Waals surface area (Å²) in [6.07, 6.45) is 0. The fourth-order valence-electron chi connectivity index (χ4n) is 2.78. The maximum atomic E-state index is 6.30. The van der Waals surface area contributed by atoms with E-state index in [0.717, 1.165) is 36.8 Å². The normalized spacial score (nSPS) is 19.8. The van der Waals surface area contributed by atoms with Crippen LogP contribution in [0.5, 0.6) is 0 Å². The summed E-state index contributed by atoms with van der Waals surface area (Å²) >= 11 is 6.30. The van der Waals surface area contributed by atoms with Crippen molar-refractivity contribution < 1.29 is 0 Å². The van der Waals surface area contributed by atoms with E-state index in [2.05, 4.69) is 29.7 Å². The van der Waals surface area contributed by atoms with E-state index in [4.69, 9.17) is 17.3 Å². The van der Waals surface area contributed by atoms with E-state index in [0.29, 0.717) is 12.6 Å². The molecule has 2 rings (SSSR count). The molecule has 3 nitrogen and oxygen atoms in total. The Hall–Kier alpha value is -0.610. The lowest BCUT2D eigenvalue weighted by Gasteiger charge is -2.40. The molecule has 1 aromatic carbocycles. The smallest absolute Gasteiger partial charge is 0.0486 e. The number of hydrogen-bond acceptors (Lipinski definition) is 3. The second kappa shape index (κ2) is 6.71. The number of nitrogens with zero attached hydrogens (tertiary/aromatic N) is 2. The van der Waals surface area contributed by atoms with Gasteiger partial charge in [0.15, 0.2) is 0 Å². The van der Waals surface area contributed by atoms with Crippen LogP contribution >= 0.6 is 11.6 Å². The minimum atomic E-state index is 0.239. The zero-order valence-electron chi connectivity index (χ0n) is 11.8. The molecule has 1 aliphatic rings. The molecule has 0 saturated carbocycles. The largest absolute Gasteiger partial charge is 0.329 e. The van der Waals surface area contributed by atoms with Gasteiger partial charge in [-0.3, -0.25) is 9.80 Å². The standard InChI is InChI=1S/C15H24ClN3/c1-12(2)18-7-9-19(10-8-18)15(11-17)13-5-3-4-6-14(13)16/h3-6,12,15H,7-11,17H2,1-2H3. The van der Waals surface area contributed by atoms with Gasteiger partial charge in [-0.2, -0.15) is 0 Å². The zero-order valence-corrected chi connectivity index (χ0v) is 12.6. The summed E-state index contributed by atoms with van der Waals surface area (Å²) in [4.78, 5) is 4.97. The Balaban J connectivity index is 2.06. The van der Waals surface area contributed by atoms with E-state index >= 15 is 0 Å². The highest BCUT2D eigenvalue weighted by Gasteiger charge is 2.26. The van der Waals surface area contributed by atoms with Crippen LogP contribution in [-0.4, -0.2) is 48.6 Å². The molecule has 106 valence electrons. The summed E-state index contributed by atoms with van der Waals surface area (Å²) in [5.74, 6) is 0. The van der Waals surface area contributed by atoms with Crippen LogP contribution in [0.15, 0.2) is 24.3 Å². The summed E-state index contributed by atoms with van der Waals surface area (Å²) in [5, 5.41) is 0.823. The molecule has 1 heterocycles. The Morgan fingerprint density at radius 3 is 2.21 bits per heavy atom. The van der Waals surface area contributed by atoms with Crippen molar-refractivity contribution in [2.24, 2.45) is 5.73 Å². The molecule has 0 aliphatic carbocycles. The van der Waals surface area contributed by atoms with Gasteiger partial charge in [-0.15, -0.1) is 0 Å². The SMILES string of the molecule is CC(C)N1CCN(C(CN)c2ccccc2Cl)CC1. The highest BCUT2D eigenvalue weighted by atomic mass is 35.5. The number of hydrogen-bond donors (Lipinski definition) is 1. The van der Waals surface area contributed by atoms with Gasteiger partial charge in [-0.1, -0.05) is 29.8 Å². The molecule has 1 aliphatic heterocycles. The maximum Gasteiger partial charge on any atom is 0.0486 e. The lowest BCUT2D eigenvalue weighted by molar-refractivity contribution is 0.0803. The Bertz CT molecular complexity index is 400. The number of benzene rings is 1. The average Bonchev–Trinajstić information content (AvgIpc) is 2.42. The van der Waals surface area contributed by atoms with Crippen molar-refractivity contribution in [1.82, 2.24) is 9.80 Å². The number of halogens is 1. The lowest BCUT2D eigenvalue weighted by atomic mass is 10.0. The molecule has 1 aromatic rings. The first-order valence-electron chi connectivity index (χ1n) is 7.06. The van der Waals surface area contributed by atoms with Crippen molar-refractivity contribution in [3.05, 3.63) is 34.9 Å². The van der Waals surface area contributed by atoms with Gasteiger partial charge < -0.3 is 5.73 Å². The highest BCUT2D eigenvalue weighted by molar-refractivity contribution is 6.31. The van der Waals surface area contributed by atoms with Gasteiger partial charge in [0, 0.05) is 49.8 Å². The summed E-state index contributed by atoms with van der Waals surface area (Å²) in [6, 6.07) is 8.91. The Kier molecular flexibility index (Phi) is 5.22. The van der Waals surface area contributed by atoms with Crippen molar-refractivity contribution in [1.29, 1.82) is 0 Å². The molecule has 0 spiro atoms. The molecular formula is C15H24ClN3. The molecule has 1 saturated heterocycles. The third-order valence-corrected chi connectivity index (χ3v) is 4.35. The summed E-state index contributed by atoms with van der Waals surface area (Å²) in [6.45, 7) is 9.47. The van der Waals surface area contributed by atoms with Crippen LogP contribution in [0.4, 0.5) is 0 Å². The van der Waals surface area contributed by atoms with Crippen molar-refractivity contribution in [2.45, 2.75) is 25.9 Å². The Morgan fingerprint density at radius 1 is 1.11 bits per heavy atom. The van der Waals surface area contributed by atoms with Gasteiger partial charge in [0.1, 0.15) is 0 Å². The fourth-order valence-corrected chi connectivity index (χ4v) is 3.05. The molecular weight excluding hydrogens is 258 g/mol. The predicted molar refractivity (Wildman–Crippen MR) is 81.5 cm³/mol. The molecule has 0 radical (unpaired) electrons. The van der Waals surface area contributed by atoms with Gasteiger partial charge in [0.25, 0.3) is 0 Å². The topological polar surface area (TPSA) is 32.5 Å². The molecule has 19 heavy (non-hydrogen) atoms. The zero-order chi connectivity index (χ0) is 13.8. The van der Waals surface area contributed by atoms with E-state index in [9.17, 15) is 0 Å². The van der Waals surface area contributed by atoms with Gasteiger partial charge in [0.2, 0.25) is 0 Å². The van der Waals surface area contributed by atoms with Gasteiger partial charge in [0.05, 0.1) is 0 Å². The van der Waals surface area contributed by atoms with Crippen molar-refractivity contribution in [3.8, 4) is 0 Å². The van der Waals surface area contributed by atoms with Crippen molar-refractivity contribution in [2.75, 3.05) is 32.7 Å². The molecule has 1 fully saturated rings. The van der Waals surface area contributed by atoms with Crippen LogP contribution in [-0.2, 0) is 0 Å². The lowest BCUT2D eigenvalue weighted by Crippen LogP contribution is -2.50. The highest BCUT2D eigenvalue weighted by Crippen LogP contribution is 2.27. The first-order valence-corrected chi connectivity index (χ1v) is 7.44. The van der Waals surface area contributed by atoms with Crippen LogP contribution in [0.3, 0.4) is 0 Å². The van der Waals surface area contributed by atoms with Gasteiger partial charge in [-0.25, -0.2) is 0 Å². The molecule has 0 amide bonds. The summed E-state index contributed by atoms with van der Waals surface area (Å²) in [7, 11) is 0. The van der Waals surface area contributed by atoms with E-state index in [1.807, 2.05) is 18.2 Å². The minimum Gasteiger partial charge on any atom is -0.329 e. The Labute approximate surface area is 121 Å². The number of rotatable bonds is 4. The first-order chi connectivity index (χ1) is 9.13. The van der Waals surface area contributed by atoms with Crippen molar-refractivity contribution in [3.63, 3.8) is 0 Å². The minimum absolute atomic E-state index is 0.239. The van der Waals surface area contributed by atoms with Crippen LogP contribution < -0.4 is 5.73 Å². The predicted octanol–water partition coefficient (Wildman–Crippen LogP) is 2.37. The second-order valence-electron chi connectivity index (χ2n) is 5.44.